The molecule has 2 aromatic heterocycles. The summed E-state index contributed by atoms with van der Waals surface area (Å²) in [6.45, 7) is 0. The fourth-order valence-corrected chi connectivity index (χ4v) is 3.95. The molecule has 0 radical (unpaired) electrons. The quantitative estimate of drug-likeness (QED) is 0.493. The van der Waals surface area contributed by atoms with Crippen molar-refractivity contribution in [2.45, 2.75) is 11.3 Å². The van der Waals surface area contributed by atoms with Gasteiger partial charge < -0.3 is 5.32 Å². The van der Waals surface area contributed by atoms with Gasteiger partial charge in [0.1, 0.15) is 15.9 Å². The number of nitrogens with one attached hydrogen (secondary N) is 1. The average molecular weight is 442 g/mol. The zero-order chi connectivity index (χ0) is 21.3. The number of halogens is 1. The second-order valence-electron chi connectivity index (χ2n) is 6.53. The smallest absolute Gasteiger partial charge is 0.240 e. The van der Waals surface area contributed by atoms with Gasteiger partial charge in [0.25, 0.3) is 0 Å². The third-order valence-electron chi connectivity index (χ3n) is 4.38. The topological polar surface area (TPSA) is 120 Å². The van der Waals surface area contributed by atoms with Gasteiger partial charge in [0.15, 0.2) is 0 Å². The number of fused-ring (bicyclic) bond motifs is 1. The Morgan fingerprint density at radius 2 is 1.90 bits per heavy atom. The summed E-state index contributed by atoms with van der Waals surface area (Å²) in [5.74, 6) is -0.342. The van der Waals surface area contributed by atoms with E-state index in [4.69, 9.17) is 16.7 Å². The molecule has 2 aromatic carbocycles. The summed E-state index contributed by atoms with van der Waals surface area (Å²) >= 11 is 6.09. The summed E-state index contributed by atoms with van der Waals surface area (Å²) in [6.07, 6.45) is 3.27. The molecule has 0 saturated carbocycles. The number of hydrogen-bond donors (Lipinski definition) is 2. The molecule has 0 fully saturated rings. The van der Waals surface area contributed by atoms with Crippen molar-refractivity contribution in [3.05, 3.63) is 77.6 Å². The maximum Gasteiger partial charge on any atom is 0.240 e. The van der Waals surface area contributed by atoms with E-state index >= 15 is 0 Å². The zero-order valence-electron chi connectivity index (χ0n) is 15.5. The highest BCUT2D eigenvalue weighted by molar-refractivity contribution is 7.89. The summed E-state index contributed by atoms with van der Waals surface area (Å²) in [6, 6.07) is 14.9. The van der Waals surface area contributed by atoms with E-state index in [1.807, 2.05) is 0 Å². The summed E-state index contributed by atoms with van der Waals surface area (Å²) in [4.78, 5) is 16.4. The number of carbonyl (C=O) groups excluding carboxylic acids is 1. The minimum absolute atomic E-state index is 0.0440. The molecule has 4 rings (SSSR count). The van der Waals surface area contributed by atoms with Gasteiger partial charge >= 0.3 is 0 Å². The lowest BCUT2D eigenvalue weighted by Crippen LogP contribution is -2.18. The highest BCUT2D eigenvalue weighted by atomic mass is 35.5. The standard InChI is InChI=1S/C20H16ClN5O3S/c21-15-5-2-1-4-13(15)10-20(27)24-14-7-8-18(19(11-14)30(22,28)29)26-12-17-16(25-26)6-3-9-23-17/h1-9,11-12H,10H2,(H,24,27)(H2,22,28,29). The van der Waals surface area contributed by atoms with Crippen LogP contribution in [0, 0.1) is 0 Å². The van der Waals surface area contributed by atoms with Crippen LogP contribution in [0.1, 0.15) is 5.56 Å². The number of carbonyl (C=O) groups is 1. The van der Waals surface area contributed by atoms with Crippen molar-refractivity contribution < 1.29 is 13.2 Å². The second-order valence-corrected chi connectivity index (χ2v) is 8.46. The van der Waals surface area contributed by atoms with E-state index in [1.165, 1.54) is 16.8 Å². The molecule has 30 heavy (non-hydrogen) atoms. The van der Waals surface area contributed by atoms with Gasteiger partial charge in [-0.3, -0.25) is 9.78 Å². The zero-order valence-corrected chi connectivity index (χ0v) is 17.1. The molecule has 0 saturated heterocycles. The van der Waals surface area contributed by atoms with Gasteiger partial charge in [0, 0.05) is 16.9 Å². The van der Waals surface area contributed by atoms with Crippen molar-refractivity contribution >= 4 is 44.3 Å². The van der Waals surface area contributed by atoms with Gasteiger partial charge in [-0.05, 0) is 42.0 Å². The molecule has 8 nitrogen and oxygen atoms in total. The van der Waals surface area contributed by atoms with E-state index in [-0.39, 0.29) is 28.6 Å². The van der Waals surface area contributed by atoms with Crippen LogP contribution in [0.4, 0.5) is 5.69 Å². The van der Waals surface area contributed by atoms with E-state index < -0.39 is 10.0 Å². The molecule has 0 aliphatic carbocycles. The molecular formula is C20H16ClN5O3S. The molecule has 152 valence electrons. The Morgan fingerprint density at radius 3 is 2.63 bits per heavy atom. The van der Waals surface area contributed by atoms with E-state index in [2.05, 4.69) is 15.4 Å². The van der Waals surface area contributed by atoms with Crippen LogP contribution in [0.2, 0.25) is 5.02 Å². The molecule has 10 heteroatoms. The van der Waals surface area contributed by atoms with Crippen LogP contribution in [0.15, 0.2) is 71.9 Å². The lowest BCUT2D eigenvalue weighted by molar-refractivity contribution is -0.115. The van der Waals surface area contributed by atoms with Gasteiger partial charge in [-0.2, -0.15) is 5.10 Å². The molecule has 3 N–H and O–H groups in total. The van der Waals surface area contributed by atoms with Crippen LogP contribution in [0.3, 0.4) is 0 Å². The maximum absolute atomic E-state index is 12.4. The first-order chi connectivity index (χ1) is 14.3. The third kappa shape index (κ3) is 4.18. The molecule has 0 bridgehead atoms. The Bertz CT molecular complexity index is 1330. The van der Waals surface area contributed by atoms with E-state index in [1.54, 1.807) is 54.9 Å². The Labute approximate surface area is 177 Å². The average Bonchev–Trinajstić information content (AvgIpc) is 3.13. The molecule has 0 unspecified atom stereocenters. The first-order valence-electron chi connectivity index (χ1n) is 8.82. The predicted octanol–water partition coefficient (Wildman–Crippen LogP) is 2.90. The predicted molar refractivity (Wildman–Crippen MR) is 114 cm³/mol. The minimum atomic E-state index is -4.10. The highest BCUT2D eigenvalue weighted by Gasteiger charge is 2.18. The largest absolute Gasteiger partial charge is 0.326 e. The summed E-state index contributed by atoms with van der Waals surface area (Å²) in [5, 5.41) is 12.9. The van der Waals surface area contributed by atoms with Gasteiger partial charge in [0.2, 0.25) is 15.9 Å². The molecule has 1 amide bonds. The van der Waals surface area contributed by atoms with Crippen LogP contribution in [0.5, 0.6) is 0 Å². The molecule has 4 aromatic rings. The number of nitrogens with two attached hydrogens (primary N) is 1. The monoisotopic (exact) mass is 441 g/mol. The van der Waals surface area contributed by atoms with Crippen molar-refractivity contribution in [1.29, 1.82) is 0 Å². The first kappa shape index (κ1) is 20.0. The van der Waals surface area contributed by atoms with Gasteiger partial charge in [-0.15, -0.1) is 0 Å². The fraction of sp³-hybridized carbons (Fsp3) is 0.0500. The lowest BCUT2D eigenvalue weighted by atomic mass is 10.1. The van der Waals surface area contributed by atoms with Crippen LogP contribution in [-0.2, 0) is 21.2 Å². The number of benzene rings is 2. The Hall–Kier alpha value is -3.27. The van der Waals surface area contributed by atoms with Crippen LogP contribution < -0.4 is 10.5 Å². The van der Waals surface area contributed by atoms with Gasteiger partial charge in [0.05, 0.1) is 18.3 Å². The number of rotatable bonds is 5. The number of hydrogen-bond acceptors (Lipinski definition) is 5. The molecule has 0 spiro atoms. The number of primary sulfonamides is 1. The van der Waals surface area contributed by atoms with Crippen molar-refractivity contribution in [2.75, 3.05) is 5.32 Å². The number of amides is 1. The van der Waals surface area contributed by atoms with Crippen LogP contribution in [0.25, 0.3) is 16.7 Å². The Balaban J connectivity index is 1.66. The third-order valence-corrected chi connectivity index (χ3v) is 5.69. The maximum atomic E-state index is 12.4. The minimum Gasteiger partial charge on any atom is -0.326 e. The number of sulfonamides is 1. The van der Waals surface area contributed by atoms with Gasteiger partial charge in [-0.1, -0.05) is 29.8 Å². The summed E-state index contributed by atoms with van der Waals surface area (Å²) in [5.41, 5.74) is 2.41. The number of nitrogens with zero attached hydrogens (tertiary/aromatic N) is 3. The van der Waals surface area contributed by atoms with E-state index in [9.17, 15) is 13.2 Å². The Morgan fingerprint density at radius 1 is 1.10 bits per heavy atom. The van der Waals surface area contributed by atoms with Crippen LogP contribution >= 0.6 is 11.6 Å². The summed E-state index contributed by atoms with van der Waals surface area (Å²) < 4.78 is 25.8. The first-order valence-corrected chi connectivity index (χ1v) is 10.7. The lowest BCUT2D eigenvalue weighted by Gasteiger charge is -2.11. The van der Waals surface area contributed by atoms with E-state index in [0.29, 0.717) is 21.6 Å². The number of anilines is 1. The van der Waals surface area contributed by atoms with Crippen molar-refractivity contribution in [1.82, 2.24) is 14.8 Å². The van der Waals surface area contributed by atoms with Crippen LogP contribution in [-0.4, -0.2) is 29.1 Å². The van der Waals surface area contributed by atoms with Crippen molar-refractivity contribution in [3.8, 4) is 5.69 Å². The van der Waals surface area contributed by atoms with Gasteiger partial charge in [-0.25, -0.2) is 18.2 Å². The molecule has 0 aliphatic heterocycles. The molecule has 0 aliphatic rings. The molecular weight excluding hydrogens is 426 g/mol. The molecule has 2 heterocycles. The normalized spacial score (nSPS) is 11.5. The molecule has 0 atom stereocenters. The SMILES string of the molecule is NS(=O)(=O)c1cc(NC(=O)Cc2ccccc2Cl)ccc1-n1cc2ncccc2n1. The van der Waals surface area contributed by atoms with E-state index in [0.717, 1.165) is 0 Å². The number of pyridine rings is 1. The Kier molecular flexibility index (Phi) is 5.25. The number of aromatic nitrogens is 3. The highest BCUT2D eigenvalue weighted by Crippen LogP contribution is 2.25. The fourth-order valence-electron chi connectivity index (χ4n) is 3.01. The van der Waals surface area contributed by atoms with Crippen molar-refractivity contribution in [2.24, 2.45) is 5.14 Å². The second kappa shape index (κ2) is 7.86. The van der Waals surface area contributed by atoms with Crippen molar-refractivity contribution in [3.63, 3.8) is 0 Å². The summed E-state index contributed by atoms with van der Waals surface area (Å²) in [7, 11) is -4.10.